The van der Waals surface area contributed by atoms with Gasteiger partial charge in [-0.15, -0.1) is 11.3 Å². The van der Waals surface area contributed by atoms with Gasteiger partial charge in [-0.2, -0.15) is 0 Å². The SMILES string of the molecule is COC(=O)C1=C([C@H]2C[C@H](N)C2)NC(c2nccs2)=NC1c1ccc(F)cc1Cl. The summed E-state index contributed by atoms with van der Waals surface area (Å²) in [5.41, 5.74) is 7.59. The zero-order valence-electron chi connectivity index (χ0n) is 15.0. The van der Waals surface area contributed by atoms with Crippen molar-refractivity contribution in [1.82, 2.24) is 10.3 Å². The summed E-state index contributed by atoms with van der Waals surface area (Å²) in [6.45, 7) is 0. The first kappa shape index (κ1) is 19.0. The largest absolute Gasteiger partial charge is 0.466 e. The number of esters is 1. The molecule has 2 aliphatic rings. The number of amidine groups is 1. The van der Waals surface area contributed by atoms with E-state index in [0.717, 1.165) is 18.5 Å². The molecule has 1 aliphatic heterocycles. The van der Waals surface area contributed by atoms with Gasteiger partial charge in [-0.3, -0.25) is 4.99 Å². The molecule has 3 N–H and O–H groups in total. The van der Waals surface area contributed by atoms with Crippen molar-refractivity contribution in [3.8, 4) is 0 Å². The Kier molecular flexibility index (Phi) is 5.18. The molecule has 1 aromatic carbocycles. The fourth-order valence-corrected chi connectivity index (χ4v) is 4.37. The molecule has 2 heterocycles. The van der Waals surface area contributed by atoms with E-state index < -0.39 is 17.8 Å². The molecule has 0 radical (unpaired) electrons. The van der Waals surface area contributed by atoms with Gasteiger partial charge in [-0.1, -0.05) is 17.7 Å². The van der Waals surface area contributed by atoms with Crippen LogP contribution in [0.4, 0.5) is 4.39 Å². The van der Waals surface area contributed by atoms with Crippen LogP contribution in [0.2, 0.25) is 5.02 Å². The first-order valence-corrected chi connectivity index (χ1v) is 10.0. The summed E-state index contributed by atoms with van der Waals surface area (Å²) in [6.07, 6.45) is 3.18. The molecular formula is C19H18ClFN4O2S. The van der Waals surface area contributed by atoms with Crippen molar-refractivity contribution in [3.63, 3.8) is 0 Å². The maximum absolute atomic E-state index is 13.6. The highest BCUT2D eigenvalue weighted by molar-refractivity contribution is 7.11. The Balaban J connectivity index is 1.87. The van der Waals surface area contributed by atoms with Crippen LogP contribution >= 0.6 is 22.9 Å². The van der Waals surface area contributed by atoms with Crippen LogP contribution in [0.1, 0.15) is 29.5 Å². The number of benzene rings is 1. The monoisotopic (exact) mass is 420 g/mol. The summed E-state index contributed by atoms with van der Waals surface area (Å²) in [6, 6.07) is 3.42. The molecule has 2 aromatic rings. The second-order valence-electron chi connectivity index (χ2n) is 6.76. The molecule has 4 rings (SSSR count). The fraction of sp³-hybridized carbons (Fsp3) is 0.316. The van der Waals surface area contributed by atoms with Crippen molar-refractivity contribution in [3.05, 3.63) is 62.5 Å². The van der Waals surface area contributed by atoms with Gasteiger partial charge in [0.15, 0.2) is 10.8 Å². The lowest BCUT2D eigenvalue weighted by Crippen LogP contribution is -2.44. The van der Waals surface area contributed by atoms with Gasteiger partial charge < -0.3 is 15.8 Å². The van der Waals surface area contributed by atoms with Gasteiger partial charge in [0, 0.05) is 39.8 Å². The van der Waals surface area contributed by atoms with Gasteiger partial charge >= 0.3 is 5.97 Å². The smallest absolute Gasteiger partial charge is 0.338 e. The van der Waals surface area contributed by atoms with Gasteiger partial charge in [-0.05, 0) is 25.0 Å². The number of aromatic nitrogens is 1. The molecule has 1 unspecified atom stereocenters. The number of aliphatic imine (C=N–C) groups is 1. The van der Waals surface area contributed by atoms with Crippen LogP contribution in [0, 0.1) is 11.7 Å². The average Bonchev–Trinajstić information content (AvgIpc) is 3.19. The molecule has 0 saturated heterocycles. The quantitative estimate of drug-likeness (QED) is 0.741. The van der Waals surface area contributed by atoms with Crippen LogP contribution in [0.3, 0.4) is 0 Å². The van der Waals surface area contributed by atoms with Crippen LogP contribution in [0.25, 0.3) is 0 Å². The van der Waals surface area contributed by atoms with E-state index in [0.29, 0.717) is 22.0 Å². The van der Waals surface area contributed by atoms with Crippen LogP contribution in [-0.4, -0.2) is 29.9 Å². The Morgan fingerprint density at radius 3 is 2.82 bits per heavy atom. The van der Waals surface area contributed by atoms with Crippen molar-refractivity contribution in [2.75, 3.05) is 7.11 Å². The molecule has 146 valence electrons. The minimum absolute atomic E-state index is 0.0799. The maximum atomic E-state index is 13.6. The first-order chi connectivity index (χ1) is 13.5. The fourth-order valence-electron chi connectivity index (χ4n) is 3.52. The Morgan fingerprint density at radius 1 is 1.43 bits per heavy atom. The van der Waals surface area contributed by atoms with Gasteiger partial charge in [0.2, 0.25) is 0 Å². The van der Waals surface area contributed by atoms with E-state index in [4.69, 9.17) is 27.1 Å². The predicted octanol–water partition coefficient (Wildman–Crippen LogP) is 3.19. The number of rotatable bonds is 4. The number of ether oxygens (including phenoxy) is 1. The summed E-state index contributed by atoms with van der Waals surface area (Å²) >= 11 is 7.74. The molecule has 6 nitrogen and oxygen atoms in total. The number of carbonyl (C=O) groups is 1. The van der Waals surface area contributed by atoms with E-state index in [9.17, 15) is 9.18 Å². The molecule has 1 aromatic heterocycles. The minimum Gasteiger partial charge on any atom is -0.466 e. The topological polar surface area (TPSA) is 89.6 Å². The summed E-state index contributed by atoms with van der Waals surface area (Å²) in [5, 5.41) is 6.01. The minimum atomic E-state index is -0.729. The second kappa shape index (κ2) is 7.62. The van der Waals surface area contributed by atoms with E-state index in [1.165, 1.54) is 30.6 Å². The van der Waals surface area contributed by atoms with Gasteiger partial charge in [0.05, 0.1) is 12.7 Å². The number of methoxy groups -OCH3 is 1. The number of hydrogen-bond acceptors (Lipinski definition) is 7. The molecular weight excluding hydrogens is 403 g/mol. The highest BCUT2D eigenvalue weighted by atomic mass is 35.5. The predicted molar refractivity (Wildman–Crippen MR) is 106 cm³/mol. The van der Waals surface area contributed by atoms with Crippen molar-refractivity contribution in [1.29, 1.82) is 0 Å². The third-order valence-electron chi connectivity index (χ3n) is 4.95. The van der Waals surface area contributed by atoms with Crippen molar-refractivity contribution >= 4 is 34.7 Å². The normalized spacial score (nSPS) is 24.3. The summed E-state index contributed by atoms with van der Waals surface area (Å²) in [7, 11) is 1.32. The van der Waals surface area contributed by atoms with Crippen LogP contribution in [-0.2, 0) is 9.53 Å². The number of carbonyl (C=O) groups excluding carboxylic acids is 1. The number of allylic oxidation sites excluding steroid dienone is 1. The highest BCUT2D eigenvalue weighted by Crippen LogP contribution is 2.42. The van der Waals surface area contributed by atoms with Crippen LogP contribution in [0.15, 0.2) is 46.0 Å². The zero-order valence-corrected chi connectivity index (χ0v) is 16.6. The molecule has 0 bridgehead atoms. The number of nitrogens with two attached hydrogens (primary N) is 1. The number of halogens is 2. The third kappa shape index (κ3) is 3.43. The van der Waals surface area contributed by atoms with Gasteiger partial charge in [0.25, 0.3) is 0 Å². The number of hydrogen-bond donors (Lipinski definition) is 2. The standard InChI is InChI=1S/C19H18ClFN4O2S/c1-27-19(26)14-15(9-6-11(22)7-9)24-17(18-23-4-5-28-18)25-16(14)12-3-2-10(21)8-13(12)20/h2-5,8-9,11,16H,6-7,22H2,1H3,(H,24,25)/t9-,11-,16?. The van der Waals surface area contributed by atoms with E-state index in [1.54, 1.807) is 12.3 Å². The van der Waals surface area contributed by atoms with E-state index in [2.05, 4.69) is 10.3 Å². The summed E-state index contributed by atoms with van der Waals surface area (Å²) in [5.74, 6) is -0.337. The number of nitrogens with one attached hydrogen (secondary N) is 1. The summed E-state index contributed by atoms with van der Waals surface area (Å²) in [4.78, 5) is 21.7. The Labute approximate surface area is 170 Å². The number of thiazole rings is 1. The van der Waals surface area contributed by atoms with Crippen molar-refractivity contribution < 1.29 is 13.9 Å². The third-order valence-corrected chi connectivity index (χ3v) is 6.06. The first-order valence-electron chi connectivity index (χ1n) is 8.75. The molecule has 28 heavy (non-hydrogen) atoms. The molecule has 1 atom stereocenters. The van der Waals surface area contributed by atoms with Crippen LogP contribution in [0.5, 0.6) is 0 Å². The van der Waals surface area contributed by atoms with Crippen molar-refractivity contribution in [2.24, 2.45) is 16.6 Å². The maximum Gasteiger partial charge on any atom is 0.338 e. The van der Waals surface area contributed by atoms with E-state index in [1.807, 2.05) is 5.38 Å². The molecule has 1 fully saturated rings. The lowest BCUT2D eigenvalue weighted by atomic mass is 9.75. The molecule has 1 aliphatic carbocycles. The number of nitrogens with zero attached hydrogens (tertiary/aromatic N) is 2. The van der Waals surface area contributed by atoms with Crippen LogP contribution < -0.4 is 11.1 Å². The Hall–Kier alpha value is -2.29. The van der Waals surface area contributed by atoms with Crippen molar-refractivity contribution in [2.45, 2.75) is 24.9 Å². The Morgan fingerprint density at radius 2 is 2.21 bits per heavy atom. The lowest BCUT2D eigenvalue weighted by molar-refractivity contribution is -0.136. The van der Waals surface area contributed by atoms with Gasteiger partial charge in [0.1, 0.15) is 11.9 Å². The van der Waals surface area contributed by atoms with Gasteiger partial charge in [-0.25, -0.2) is 14.2 Å². The molecule has 0 spiro atoms. The Bertz CT molecular complexity index is 970. The molecule has 9 heteroatoms. The zero-order chi connectivity index (χ0) is 19.8. The molecule has 0 amide bonds. The highest BCUT2D eigenvalue weighted by Gasteiger charge is 2.40. The van der Waals surface area contributed by atoms with E-state index >= 15 is 0 Å². The second-order valence-corrected chi connectivity index (χ2v) is 8.06. The molecule has 1 saturated carbocycles. The summed E-state index contributed by atoms with van der Waals surface area (Å²) < 4.78 is 18.6. The lowest BCUT2D eigenvalue weighted by Gasteiger charge is -2.38. The van der Waals surface area contributed by atoms with E-state index in [-0.39, 0.29) is 17.0 Å². The average molecular weight is 421 g/mol.